The Bertz CT molecular complexity index is 1240. The van der Waals surface area contributed by atoms with Crippen LogP contribution in [-0.4, -0.2) is 37.8 Å². The molecule has 1 N–H and O–H groups in total. The van der Waals surface area contributed by atoms with E-state index in [-0.39, 0.29) is 28.2 Å². The van der Waals surface area contributed by atoms with E-state index in [0.29, 0.717) is 27.8 Å². The molecule has 2 aromatic rings. The van der Waals surface area contributed by atoms with Crippen LogP contribution < -0.4 is 4.90 Å². The molecular formula is C31H41N3O3S2. The number of hydrogen-bond donors (Lipinski definition) is 1. The van der Waals surface area contributed by atoms with Crippen molar-refractivity contribution in [3.63, 3.8) is 0 Å². The summed E-state index contributed by atoms with van der Waals surface area (Å²) in [6, 6.07) is 2.48. The first-order chi connectivity index (χ1) is 18.6. The molecule has 8 heteroatoms. The number of rotatable bonds is 7. The molecule has 5 rings (SSSR count). The number of aromatic carboxylic acids is 1. The van der Waals surface area contributed by atoms with Crippen LogP contribution in [0.4, 0.5) is 5.69 Å². The zero-order chi connectivity index (χ0) is 27.7. The summed E-state index contributed by atoms with van der Waals surface area (Å²) in [5.41, 5.74) is 0.362. The van der Waals surface area contributed by atoms with Crippen LogP contribution in [0.25, 0.3) is 0 Å². The smallest absolute Gasteiger partial charge is 0.348 e. The standard InChI is InChI=1S/C31H41N3O3S2/c1-20-5-7-21(8-6-20)28(35)34(26-19-25(15-16-31(2,3)4)38-27(26)29(36)37)23-11-13-24(14-12-23)39-30-32-17-18-33(30)22-9-10-22/h17-24H,5-14H2,1-4H3,(H,36,37). The fourth-order valence-corrected chi connectivity index (χ4v) is 7.92. The van der Waals surface area contributed by atoms with Crippen LogP contribution >= 0.6 is 23.1 Å². The summed E-state index contributed by atoms with van der Waals surface area (Å²) in [6.45, 7) is 8.38. The highest BCUT2D eigenvalue weighted by molar-refractivity contribution is 7.99. The van der Waals surface area contributed by atoms with Crippen molar-refractivity contribution in [3.05, 3.63) is 28.2 Å². The normalized spacial score (nSPS) is 25.5. The fourth-order valence-electron chi connectivity index (χ4n) is 5.81. The van der Waals surface area contributed by atoms with E-state index in [2.05, 4.69) is 34.5 Å². The Hall–Kier alpha value is -2.24. The molecule has 39 heavy (non-hydrogen) atoms. The molecule has 0 aromatic carbocycles. The number of hydrogen-bond acceptors (Lipinski definition) is 5. The van der Waals surface area contributed by atoms with E-state index in [1.165, 1.54) is 24.2 Å². The molecule has 1 amide bonds. The van der Waals surface area contributed by atoms with Crippen LogP contribution in [0.3, 0.4) is 0 Å². The topological polar surface area (TPSA) is 75.4 Å². The van der Waals surface area contributed by atoms with Crippen LogP contribution in [0.2, 0.25) is 0 Å². The molecule has 3 fully saturated rings. The van der Waals surface area contributed by atoms with Crippen molar-refractivity contribution in [1.82, 2.24) is 9.55 Å². The number of anilines is 1. The number of carboxylic acids is 1. The SMILES string of the molecule is CC1CCC(C(=O)N(c2cc(C#CC(C)(C)C)sc2C(=O)O)C2CCC(Sc3nccn3C3CC3)CC2)CC1. The van der Waals surface area contributed by atoms with Gasteiger partial charge in [0.1, 0.15) is 4.88 Å². The molecule has 0 radical (unpaired) electrons. The molecule has 0 bridgehead atoms. The zero-order valence-electron chi connectivity index (χ0n) is 23.6. The van der Waals surface area contributed by atoms with Gasteiger partial charge in [0.25, 0.3) is 0 Å². The molecule has 0 saturated heterocycles. The second-order valence-corrected chi connectivity index (χ2v) is 15.0. The van der Waals surface area contributed by atoms with E-state index < -0.39 is 5.97 Å². The Morgan fingerprint density at radius 1 is 1.08 bits per heavy atom. The van der Waals surface area contributed by atoms with Crippen molar-refractivity contribution >= 4 is 40.7 Å². The lowest BCUT2D eigenvalue weighted by Crippen LogP contribution is -2.46. The van der Waals surface area contributed by atoms with Crippen molar-refractivity contribution in [2.45, 2.75) is 114 Å². The van der Waals surface area contributed by atoms with Gasteiger partial charge in [-0.25, -0.2) is 9.78 Å². The van der Waals surface area contributed by atoms with Gasteiger partial charge >= 0.3 is 5.97 Å². The minimum Gasteiger partial charge on any atom is -0.477 e. The van der Waals surface area contributed by atoms with E-state index in [9.17, 15) is 14.7 Å². The molecule has 0 atom stereocenters. The van der Waals surface area contributed by atoms with E-state index in [0.717, 1.165) is 56.5 Å². The summed E-state index contributed by atoms with van der Waals surface area (Å²) in [5, 5.41) is 11.7. The molecule has 0 aliphatic heterocycles. The molecule has 210 valence electrons. The zero-order valence-corrected chi connectivity index (χ0v) is 25.2. The Labute approximate surface area is 241 Å². The van der Waals surface area contributed by atoms with Gasteiger partial charge in [-0.2, -0.15) is 0 Å². The lowest BCUT2D eigenvalue weighted by atomic mass is 9.81. The Balaban J connectivity index is 1.39. The summed E-state index contributed by atoms with van der Waals surface area (Å²) in [6.07, 6.45) is 14.1. The minimum absolute atomic E-state index is 0.00741. The Morgan fingerprint density at radius 2 is 1.77 bits per heavy atom. The first kappa shape index (κ1) is 28.3. The van der Waals surface area contributed by atoms with Gasteiger partial charge in [-0.15, -0.1) is 11.3 Å². The first-order valence-corrected chi connectivity index (χ1v) is 16.2. The van der Waals surface area contributed by atoms with Crippen LogP contribution in [0.15, 0.2) is 23.6 Å². The maximum atomic E-state index is 14.2. The molecule has 0 unspecified atom stereocenters. The summed E-state index contributed by atoms with van der Waals surface area (Å²) in [5.74, 6) is 6.16. The van der Waals surface area contributed by atoms with Gasteiger partial charge in [0.15, 0.2) is 5.16 Å². The summed E-state index contributed by atoms with van der Waals surface area (Å²) < 4.78 is 2.32. The fraction of sp³-hybridized carbons (Fsp3) is 0.645. The number of carbonyl (C=O) groups is 2. The van der Waals surface area contributed by atoms with Crippen molar-refractivity contribution in [2.24, 2.45) is 17.3 Å². The molecule has 3 saturated carbocycles. The van der Waals surface area contributed by atoms with Crippen molar-refractivity contribution in [2.75, 3.05) is 4.90 Å². The van der Waals surface area contributed by atoms with E-state index in [1.54, 1.807) is 0 Å². The average Bonchev–Trinajstić information content (AvgIpc) is 3.48. The first-order valence-electron chi connectivity index (χ1n) is 14.5. The summed E-state index contributed by atoms with van der Waals surface area (Å²) >= 11 is 3.07. The number of thiophene rings is 1. The highest BCUT2D eigenvalue weighted by Gasteiger charge is 2.38. The third kappa shape index (κ3) is 6.92. The lowest BCUT2D eigenvalue weighted by molar-refractivity contribution is -0.124. The maximum Gasteiger partial charge on any atom is 0.348 e. The number of carbonyl (C=O) groups excluding carboxylic acids is 1. The van der Waals surface area contributed by atoms with E-state index in [1.807, 2.05) is 49.7 Å². The molecule has 2 heterocycles. The monoisotopic (exact) mass is 567 g/mol. The Kier molecular flexibility index (Phi) is 8.49. The quantitative estimate of drug-likeness (QED) is 0.348. The highest BCUT2D eigenvalue weighted by atomic mass is 32.2. The van der Waals surface area contributed by atoms with Crippen molar-refractivity contribution in [3.8, 4) is 11.8 Å². The van der Waals surface area contributed by atoms with Crippen LogP contribution in [0.5, 0.6) is 0 Å². The minimum atomic E-state index is -0.981. The van der Waals surface area contributed by atoms with Crippen LogP contribution in [0, 0.1) is 29.1 Å². The molecule has 3 aliphatic carbocycles. The van der Waals surface area contributed by atoms with Gasteiger partial charge in [-0.3, -0.25) is 4.79 Å². The van der Waals surface area contributed by atoms with Gasteiger partial charge < -0.3 is 14.6 Å². The van der Waals surface area contributed by atoms with Crippen LogP contribution in [0.1, 0.15) is 112 Å². The third-order valence-electron chi connectivity index (χ3n) is 8.18. The maximum absolute atomic E-state index is 14.2. The predicted molar refractivity (Wildman–Crippen MR) is 159 cm³/mol. The number of thioether (sulfide) groups is 1. The largest absolute Gasteiger partial charge is 0.477 e. The lowest BCUT2D eigenvalue weighted by Gasteiger charge is -2.39. The number of amides is 1. The molecule has 0 spiro atoms. The highest BCUT2D eigenvalue weighted by Crippen LogP contribution is 2.43. The Morgan fingerprint density at radius 3 is 2.38 bits per heavy atom. The van der Waals surface area contributed by atoms with E-state index in [4.69, 9.17) is 0 Å². The van der Waals surface area contributed by atoms with Gasteiger partial charge in [0, 0.05) is 41.1 Å². The van der Waals surface area contributed by atoms with Crippen LogP contribution in [-0.2, 0) is 4.79 Å². The molecule has 2 aromatic heterocycles. The molecule has 6 nitrogen and oxygen atoms in total. The van der Waals surface area contributed by atoms with Crippen molar-refractivity contribution < 1.29 is 14.7 Å². The number of nitrogens with zero attached hydrogens (tertiary/aromatic N) is 3. The number of imidazole rings is 1. The van der Waals surface area contributed by atoms with Gasteiger partial charge in [0.05, 0.1) is 10.6 Å². The summed E-state index contributed by atoms with van der Waals surface area (Å²) in [4.78, 5) is 34.0. The second-order valence-electron chi connectivity index (χ2n) is 12.7. The molecule has 3 aliphatic rings. The van der Waals surface area contributed by atoms with Gasteiger partial charge in [-0.1, -0.05) is 30.5 Å². The van der Waals surface area contributed by atoms with Crippen molar-refractivity contribution in [1.29, 1.82) is 0 Å². The predicted octanol–water partition coefficient (Wildman–Crippen LogP) is 7.64. The second kappa shape index (κ2) is 11.7. The van der Waals surface area contributed by atoms with Gasteiger partial charge in [0.2, 0.25) is 5.91 Å². The third-order valence-corrected chi connectivity index (χ3v) is 10.5. The average molecular weight is 568 g/mol. The number of carboxylic acid groups (broad SMARTS) is 1. The van der Waals surface area contributed by atoms with E-state index >= 15 is 0 Å². The molecular weight excluding hydrogens is 526 g/mol. The number of aromatic nitrogens is 2. The summed E-state index contributed by atoms with van der Waals surface area (Å²) in [7, 11) is 0. The van der Waals surface area contributed by atoms with Gasteiger partial charge in [-0.05, 0) is 97.0 Å².